The van der Waals surface area contributed by atoms with Crippen molar-refractivity contribution in [2.45, 2.75) is 128 Å². The summed E-state index contributed by atoms with van der Waals surface area (Å²) < 4.78 is 18.8. The molecular weight excluding hydrogens is 312 g/mol. The zero-order valence-electron chi connectivity index (χ0n) is 17.3. The smallest absolute Gasteiger partial charge is 0.124 e. The van der Waals surface area contributed by atoms with Crippen molar-refractivity contribution in [1.29, 1.82) is 0 Å². The molecule has 25 heavy (non-hydrogen) atoms. The van der Waals surface area contributed by atoms with E-state index >= 15 is 0 Å². The van der Waals surface area contributed by atoms with Crippen LogP contribution in [0.25, 0.3) is 0 Å². The maximum Gasteiger partial charge on any atom is 0.124 e. The fraction of sp³-hybridized carbons (Fsp3) is 1.00. The molecule has 0 N–H and O–H groups in total. The third kappa shape index (κ3) is 5.43. The summed E-state index contributed by atoms with van der Waals surface area (Å²) in [6.07, 6.45) is 15.3. The highest BCUT2D eigenvalue weighted by Gasteiger charge is 2.67. The predicted molar refractivity (Wildman–Crippen MR) is 104 cm³/mol. The Morgan fingerprint density at radius 1 is 0.920 bits per heavy atom. The van der Waals surface area contributed by atoms with E-state index in [9.17, 15) is 0 Å². The van der Waals surface area contributed by atoms with Gasteiger partial charge in [-0.25, -0.2) is 0 Å². The molecule has 2 aliphatic heterocycles. The van der Waals surface area contributed by atoms with Gasteiger partial charge < -0.3 is 14.2 Å². The molecule has 0 aromatic rings. The number of hydrogen-bond acceptors (Lipinski definition) is 3. The SMILES string of the molecule is CCCCC1OC1(CCCC)C(CCCC)(CCCC)OCC1CO1. The van der Waals surface area contributed by atoms with E-state index in [1.165, 1.54) is 57.8 Å². The number of epoxide rings is 2. The molecule has 2 aliphatic rings. The largest absolute Gasteiger partial charge is 0.371 e. The number of hydrogen-bond donors (Lipinski definition) is 0. The van der Waals surface area contributed by atoms with Gasteiger partial charge in [-0.05, 0) is 25.7 Å². The van der Waals surface area contributed by atoms with Gasteiger partial charge in [-0.15, -0.1) is 0 Å². The van der Waals surface area contributed by atoms with Crippen LogP contribution in [0.4, 0.5) is 0 Å². The molecule has 2 saturated heterocycles. The van der Waals surface area contributed by atoms with Gasteiger partial charge in [-0.2, -0.15) is 0 Å². The second-order valence-corrected chi connectivity index (χ2v) is 8.21. The third-order valence-corrected chi connectivity index (χ3v) is 6.12. The zero-order chi connectivity index (χ0) is 18.2. The van der Waals surface area contributed by atoms with Gasteiger partial charge in [0.15, 0.2) is 0 Å². The Labute approximate surface area is 156 Å². The summed E-state index contributed by atoms with van der Waals surface area (Å²) in [5, 5.41) is 0. The van der Waals surface area contributed by atoms with Gasteiger partial charge in [0.05, 0.1) is 24.9 Å². The van der Waals surface area contributed by atoms with Crippen LogP contribution in [0, 0.1) is 0 Å². The van der Waals surface area contributed by atoms with Crippen LogP contribution in [0.2, 0.25) is 0 Å². The molecule has 3 nitrogen and oxygen atoms in total. The van der Waals surface area contributed by atoms with Crippen molar-refractivity contribution in [2.75, 3.05) is 13.2 Å². The molecule has 0 aromatic carbocycles. The minimum Gasteiger partial charge on any atom is -0.371 e. The van der Waals surface area contributed by atoms with E-state index in [-0.39, 0.29) is 11.2 Å². The highest BCUT2D eigenvalue weighted by molar-refractivity contribution is 5.16. The lowest BCUT2D eigenvalue weighted by Crippen LogP contribution is -2.50. The minimum absolute atomic E-state index is 0.0303. The zero-order valence-corrected chi connectivity index (χ0v) is 17.3. The first-order valence-electron chi connectivity index (χ1n) is 11.1. The van der Waals surface area contributed by atoms with Crippen molar-refractivity contribution in [1.82, 2.24) is 0 Å². The summed E-state index contributed by atoms with van der Waals surface area (Å²) in [6, 6.07) is 0. The van der Waals surface area contributed by atoms with Crippen LogP contribution in [0.5, 0.6) is 0 Å². The van der Waals surface area contributed by atoms with Crippen LogP contribution in [0.1, 0.15) is 105 Å². The van der Waals surface area contributed by atoms with E-state index in [4.69, 9.17) is 14.2 Å². The molecular formula is C22H42O3. The molecule has 0 spiro atoms. The van der Waals surface area contributed by atoms with Crippen LogP contribution in [-0.2, 0) is 14.2 Å². The van der Waals surface area contributed by atoms with Gasteiger partial charge in [0, 0.05) is 0 Å². The Hall–Kier alpha value is -0.120. The molecule has 3 atom stereocenters. The molecule has 148 valence electrons. The van der Waals surface area contributed by atoms with Crippen LogP contribution in [0.15, 0.2) is 0 Å². The van der Waals surface area contributed by atoms with E-state index in [0.717, 1.165) is 32.5 Å². The predicted octanol–water partition coefficient (Wildman–Crippen LogP) is 6.04. The molecule has 0 radical (unpaired) electrons. The molecule has 3 heteroatoms. The number of rotatable bonds is 16. The Morgan fingerprint density at radius 2 is 1.52 bits per heavy atom. The first-order valence-corrected chi connectivity index (χ1v) is 11.1. The highest BCUT2D eigenvalue weighted by atomic mass is 16.7. The lowest BCUT2D eigenvalue weighted by atomic mass is 9.73. The van der Waals surface area contributed by atoms with Crippen molar-refractivity contribution in [2.24, 2.45) is 0 Å². The summed E-state index contributed by atoms with van der Waals surface area (Å²) in [4.78, 5) is 0. The average molecular weight is 355 g/mol. The summed E-state index contributed by atoms with van der Waals surface area (Å²) in [5.74, 6) is 0. The molecule has 2 heterocycles. The normalized spacial score (nSPS) is 28.3. The summed E-state index contributed by atoms with van der Waals surface area (Å²) in [7, 11) is 0. The molecule has 2 fully saturated rings. The van der Waals surface area contributed by atoms with Crippen LogP contribution >= 0.6 is 0 Å². The Morgan fingerprint density at radius 3 is 2.04 bits per heavy atom. The van der Waals surface area contributed by atoms with Crippen LogP contribution in [0.3, 0.4) is 0 Å². The van der Waals surface area contributed by atoms with Gasteiger partial charge in [-0.3, -0.25) is 0 Å². The summed E-state index contributed by atoms with van der Waals surface area (Å²) >= 11 is 0. The Bertz CT molecular complexity index is 358. The maximum atomic E-state index is 6.74. The first kappa shape index (κ1) is 21.2. The van der Waals surface area contributed by atoms with Crippen LogP contribution in [-0.4, -0.2) is 36.6 Å². The Kier molecular flexibility index (Phi) is 8.71. The molecule has 3 unspecified atom stereocenters. The Balaban J connectivity index is 2.18. The van der Waals surface area contributed by atoms with Gasteiger partial charge in [0.1, 0.15) is 11.7 Å². The van der Waals surface area contributed by atoms with E-state index in [1.54, 1.807) is 0 Å². The van der Waals surface area contributed by atoms with Gasteiger partial charge in [0.2, 0.25) is 0 Å². The monoisotopic (exact) mass is 354 g/mol. The molecule has 0 aromatic heterocycles. The van der Waals surface area contributed by atoms with Crippen molar-refractivity contribution in [3.05, 3.63) is 0 Å². The fourth-order valence-electron chi connectivity index (χ4n) is 4.35. The van der Waals surface area contributed by atoms with E-state index in [2.05, 4.69) is 27.7 Å². The van der Waals surface area contributed by atoms with Crippen molar-refractivity contribution in [3.63, 3.8) is 0 Å². The van der Waals surface area contributed by atoms with Crippen molar-refractivity contribution in [3.8, 4) is 0 Å². The topological polar surface area (TPSA) is 34.3 Å². The standard InChI is InChI=1S/C22H42O3/c1-5-9-13-20-22(25-20,16-12-8-4)21(14-10-6-2,15-11-7-3)24-18-19-17-23-19/h19-20H,5-18H2,1-4H3. The second kappa shape index (κ2) is 10.3. The third-order valence-electron chi connectivity index (χ3n) is 6.12. The highest BCUT2D eigenvalue weighted by Crippen LogP contribution is 2.56. The van der Waals surface area contributed by atoms with Crippen molar-refractivity contribution >= 4 is 0 Å². The number of unbranched alkanes of at least 4 members (excludes halogenated alkanes) is 4. The van der Waals surface area contributed by atoms with E-state index in [1.807, 2.05) is 0 Å². The van der Waals surface area contributed by atoms with E-state index < -0.39 is 0 Å². The number of ether oxygens (including phenoxy) is 3. The average Bonchev–Trinajstić information content (AvgIpc) is 3.54. The first-order chi connectivity index (χ1) is 12.2. The summed E-state index contributed by atoms with van der Waals surface area (Å²) in [5.41, 5.74) is -0.129. The minimum atomic E-state index is -0.0987. The molecule has 0 amide bonds. The second-order valence-electron chi connectivity index (χ2n) is 8.21. The maximum absolute atomic E-state index is 6.74. The van der Waals surface area contributed by atoms with Crippen LogP contribution < -0.4 is 0 Å². The van der Waals surface area contributed by atoms with Gasteiger partial charge >= 0.3 is 0 Å². The molecule has 0 saturated carbocycles. The van der Waals surface area contributed by atoms with E-state index in [0.29, 0.717) is 12.2 Å². The van der Waals surface area contributed by atoms with Gasteiger partial charge in [-0.1, -0.05) is 79.1 Å². The van der Waals surface area contributed by atoms with Gasteiger partial charge in [0.25, 0.3) is 0 Å². The molecule has 0 bridgehead atoms. The lowest BCUT2D eigenvalue weighted by Gasteiger charge is -2.40. The van der Waals surface area contributed by atoms with Crippen molar-refractivity contribution < 1.29 is 14.2 Å². The molecule has 0 aliphatic carbocycles. The fourth-order valence-corrected chi connectivity index (χ4v) is 4.35. The quantitative estimate of drug-likeness (QED) is 0.317. The summed E-state index contributed by atoms with van der Waals surface area (Å²) in [6.45, 7) is 10.8. The lowest BCUT2D eigenvalue weighted by molar-refractivity contribution is -0.118. The molecule has 2 rings (SSSR count).